The molecule has 0 atom stereocenters. The van der Waals surface area contributed by atoms with E-state index >= 15 is 0 Å². The van der Waals surface area contributed by atoms with Crippen molar-refractivity contribution < 1.29 is 4.58 Å². The second-order valence-electron chi connectivity index (χ2n) is 1.64. The summed E-state index contributed by atoms with van der Waals surface area (Å²) in [6.45, 7) is 2.02. The molecule has 0 aromatic rings. The number of allylic oxidation sites excluding steroid dienone is 1. The van der Waals surface area contributed by atoms with E-state index in [-0.39, 0.29) is 0 Å². The standard InChI is InChI=1S/C6H11IN2/c1-4-6(7)9(3)5-8-2/h4-5H,1-3H3/p+1/b6-4-. The maximum absolute atomic E-state index is 2.94. The van der Waals surface area contributed by atoms with Crippen LogP contribution < -0.4 is 5.32 Å². The Kier molecular flexibility index (Phi) is 4.75. The first-order chi connectivity index (χ1) is 4.22. The van der Waals surface area contributed by atoms with Gasteiger partial charge in [-0.15, -0.1) is 0 Å². The number of rotatable bonds is 2. The monoisotopic (exact) mass is 239 g/mol. The molecular formula is C6H12IN2+. The van der Waals surface area contributed by atoms with Crippen LogP contribution in [0.25, 0.3) is 0 Å². The van der Waals surface area contributed by atoms with Gasteiger partial charge in [0.25, 0.3) is 0 Å². The highest BCUT2D eigenvalue weighted by Gasteiger charge is 1.92. The average molecular weight is 239 g/mol. The molecule has 9 heavy (non-hydrogen) atoms. The van der Waals surface area contributed by atoms with Crippen molar-refractivity contribution in [1.82, 2.24) is 5.32 Å². The average Bonchev–Trinajstić information content (AvgIpc) is 1.87. The summed E-state index contributed by atoms with van der Waals surface area (Å²) in [6.07, 6.45) is 3.95. The summed E-state index contributed by atoms with van der Waals surface area (Å²) in [5.74, 6) is 0. The van der Waals surface area contributed by atoms with E-state index in [0.717, 1.165) is 0 Å². The fourth-order valence-corrected chi connectivity index (χ4v) is 0.598. The zero-order valence-corrected chi connectivity index (χ0v) is 8.14. The Morgan fingerprint density at radius 1 is 1.67 bits per heavy atom. The lowest BCUT2D eigenvalue weighted by Gasteiger charge is -1.93. The normalized spacial score (nSPS) is 13.8. The Hall–Kier alpha value is -0.0600. The maximum Gasteiger partial charge on any atom is 0.237 e. The fourth-order valence-electron chi connectivity index (χ4n) is 0.459. The third-order valence-electron chi connectivity index (χ3n) is 0.898. The van der Waals surface area contributed by atoms with Crippen molar-refractivity contribution in [2.75, 3.05) is 14.1 Å². The summed E-state index contributed by atoms with van der Waals surface area (Å²) >= 11 is 2.27. The largest absolute Gasteiger partial charge is 0.283 e. The highest BCUT2D eigenvalue weighted by molar-refractivity contribution is 14.1. The van der Waals surface area contributed by atoms with Crippen LogP contribution in [-0.4, -0.2) is 25.0 Å². The summed E-state index contributed by atoms with van der Waals surface area (Å²) in [5.41, 5.74) is 0. The Balaban J connectivity index is 4.03. The van der Waals surface area contributed by atoms with Crippen LogP contribution in [-0.2, 0) is 0 Å². The number of nitrogens with zero attached hydrogens (tertiary/aromatic N) is 1. The number of hydrogen-bond acceptors (Lipinski definition) is 0. The van der Waals surface area contributed by atoms with E-state index in [4.69, 9.17) is 0 Å². The molecule has 0 bridgehead atoms. The summed E-state index contributed by atoms with van der Waals surface area (Å²) in [4.78, 5) is 0. The first-order valence-corrected chi connectivity index (χ1v) is 3.85. The quantitative estimate of drug-likeness (QED) is 0.251. The molecule has 0 aliphatic carbocycles. The van der Waals surface area contributed by atoms with Gasteiger partial charge in [0, 0.05) is 22.6 Å². The Labute approximate surface area is 69.8 Å². The summed E-state index contributed by atoms with van der Waals surface area (Å²) in [6, 6.07) is 0. The third-order valence-corrected chi connectivity index (χ3v) is 2.28. The highest BCUT2D eigenvalue weighted by Crippen LogP contribution is 2.02. The molecular weight excluding hydrogens is 227 g/mol. The van der Waals surface area contributed by atoms with Gasteiger partial charge in [-0.25, -0.2) is 4.58 Å². The van der Waals surface area contributed by atoms with E-state index < -0.39 is 0 Å². The van der Waals surface area contributed by atoms with Crippen LogP contribution >= 0.6 is 22.6 Å². The molecule has 0 aromatic carbocycles. The van der Waals surface area contributed by atoms with E-state index in [1.165, 1.54) is 3.70 Å². The van der Waals surface area contributed by atoms with E-state index in [0.29, 0.717) is 0 Å². The molecule has 0 saturated carbocycles. The van der Waals surface area contributed by atoms with Crippen molar-refractivity contribution >= 4 is 28.9 Å². The summed E-state index contributed by atoms with van der Waals surface area (Å²) in [5, 5.41) is 2.94. The summed E-state index contributed by atoms with van der Waals surface area (Å²) in [7, 11) is 3.88. The van der Waals surface area contributed by atoms with E-state index in [9.17, 15) is 0 Å². The third kappa shape index (κ3) is 3.51. The SMILES string of the molecule is C/C=C(I)\[N+](C)=C/NC. The van der Waals surface area contributed by atoms with E-state index in [2.05, 4.69) is 34.0 Å². The number of nitrogens with one attached hydrogen (secondary N) is 1. The van der Waals surface area contributed by atoms with Crippen LogP contribution in [0.2, 0.25) is 0 Å². The van der Waals surface area contributed by atoms with Crippen LogP contribution in [0.4, 0.5) is 0 Å². The van der Waals surface area contributed by atoms with Crippen molar-refractivity contribution in [1.29, 1.82) is 0 Å². The second-order valence-corrected chi connectivity index (χ2v) is 2.75. The minimum Gasteiger partial charge on any atom is -0.283 e. The van der Waals surface area contributed by atoms with Crippen LogP contribution in [0.1, 0.15) is 6.92 Å². The zero-order chi connectivity index (χ0) is 7.28. The Morgan fingerprint density at radius 3 is 2.56 bits per heavy atom. The van der Waals surface area contributed by atoms with Gasteiger partial charge in [-0.3, -0.25) is 5.32 Å². The lowest BCUT2D eigenvalue weighted by Crippen LogP contribution is -2.13. The molecule has 0 heterocycles. The topological polar surface area (TPSA) is 15.0 Å². The van der Waals surface area contributed by atoms with Gasteiger partial charge < -0.3 is 0 Å². The Bertz CT molecular complexity index is 138. The molecule has 1 N–H and O–H groups in total. The van der Waals surface area contributed by atoms with Gasteiger partial charge in [0.1, 0.15) is 0 Å². The molecule has 0 fully saturated rings. The van der Waals surface area contributed by atoms with Crippen LogP contribution in [0.3, 0.4) is 0 Å². The first-order valence-electron chi connectivity index (χ1n) is 2.77. The lowest BCUT2D eigenvalue weighted by atomic mass is 10.7. The molecule has 0 spiro atoms. The lowest BCUT2D eigenvalue weighted by molar-refractivity contribution is -0.423. The minimum atomic E-state index is 1.21. The van der Waals surface area contributed by atoms with Gasteiger partial charge in [0.05, 0.1) is 14.1 Å². The van der Waals surface area contributed by atoms with Crippen LogP contribution in [0.15, 0.2) is 9.78 Å². The maximum atomic E-state index is 2.94. The zero-order valence-electron chi connectivity index (χ0n) is 5.98. The van der Waals surface area contributed by atoms with E-state index in [1.807, 2.05) is 31.9 Å². The van der Waals surface area contributed by atoms with Gasteiger partial charge in [-0.2, -0.15) is 0 Å². The van der Waals surface area contributed by atoms with Crippen molar-refractivity contribution in [2.24, 2.45) is 0 Å². The van der Waals surface area contributed by atoms with E-state index in [1.54, 1.807) is 0 Å². The Morgan fingerprint density at radius 2 is 2.22 bits per heavy atom. The second kappa shape index (κ2) is 4.78. The molecule has 3 heteroatoms. The predicted molar refractivity (Wildman–Crippen MR) is 49.1 cm³/mol. The molecule has 2 nitrogen and oxygen atoms in total. The van der Waals surface area contributed by atoms with Crippen molar-refractivity contribution in [3.8, 4) is 0 Å². The predicted octanol–water partition coefficient (Wildman–Crippen LogP) is 1.17. The molecule has 0 rings (SSSR count). The van der Waals surface area contributed by atoms with Gasteiger partial charge in [0.2, 0.25) is 6.34 Å². The smallest absolute Gasteiger partial charge is 0.237 e. The number of halogens is 1. The van der Waals surface area contributed by atoms with Gasteiger partial charge in [-0.05, 0) is 13.0 Å². The van der Waals surface area contributed by atoms with Crippen molar-refractivity contribution in [2.45, 2.75) is 6.92 Å². The summed E-state index contributed by atoms with van der Waals surface area (Å²) < 4.78 is 3.22. The van der Waals surface area contributed by atoms with Crippen molar-refractivity contribution in [3.05, 3.63) is 9.78 Å². The molecule has 0 amide bonds. The molecule has 0 unspecified atom stereocenters. The molecule has 0 aliphatic heterocycles. The molecule has 0 aromatic heterocycles. The molecule has 0 aliphatic rings. The number of hydrogen-bond donors (Lipinski definition) is 1. The molecule has 0 radical (unpaired) electrons. The first kappa shape index (κ1) is 8.94. The van der Waals surface area contributed by atoms with Gasteiger partial charge in [-0.1, -0.05) is 0 Å². The molecule has 52 valence electrons. The van der Waals surface area contributed by atoms with Gasteiger partial charge in [0.15, 0.2) is 3.70 Å². The van der Waals surface area contributed by atoms with Crippen LogP contribution in [0.5, 0.6) is 0 Å². The highest BCUT2D eigenvalue weighted by atomic mass is 127. The fraction of sp³-hybridized carbons (Fsp3) is 0.500. The van der Waals surface area contributed by atoms with Crippen molar-refractivity contribution in [3.63, 3.8) is 0 Å². The minimum absolute atomic E-state index is 1.21. The van der Waals surface area contributed by atoms with Crippen LogP contribution in [0, 0.1) is 0 Å². The molecule has 0 saturated heterocycles. The van der Waals surface area contributed by atoms with Gasteiger partial charge >= 0.3 is 0 Å².